The molecule has 1 aromatic rings. The Bertz CT molecular complexity index is 279. The zero-order valence-electron chi connectivity index (χ0n) is 7.75. The minimum atomic E-state index is -0.206. The van der Waals surface area contributed by atoms with Crippen molar-refractivity contribution >= 4 is 5.97 Å². The summed E-state index contributed by atoms with van der Waals surface area (Å²) >= 11 is 0. The van der Waals surface area contributed by atoms with E-state index in [1.54, 1.807) is 0 Å². The van der Waals surface area contributed by atoms with Gasteiger partial charge in [-0.2, -0.15) is 0 Å². The number of quaternary nitrogens is 1. The summed E-state index contributed by atoms with van der Waals surface area (Å²) in [6.45, 7) is 0.776. The molecule has 0 radical (unpaired) electrons. The molecular formula is C10H14NO2+. The van der Waals surface area contributed by atoms with Crippen LogP contribution in [0.5, 0.6) is 0 Å². The molecule has 0 aliphatic heterocycles. The Balaban J connectivity index is 2.64. The van der Waals surface area contributed by atoms with Crippen molar-refractivity contribution in [3.63, 3.8) is 0 Å². The summed E-state index contributed by atoms with van der Waals surface area (Å²) in [6, 6.07) is 7.81. The van der Waals surface area contributed by atoms with Gasteiger partial charge < -0.3 is 10.5 Å². The van der Waals surface area contributed by atoms with Crippen molar-refractivity contribution in [2.45, 2.75) is 13.0 Å². The van der Waals surface area contributed by atoms with Crippen molar-refractivity contribution < 1.29 is 15.3 Å². The Morgan fingerprint density at radius 1 is 1.31 bits per heavy atom. The predicted molar refractivity (Wildman–Crippen MR) is 48.8 cm³/mol. The van der Waals surface area contributed by atoms with E-state index >= 15 is 0 Å². The highest BCUT2D eigenvalue weighted by Crippen LogP contribution is 2.04. The molecule has 0 fully saturated rings. The number of carbonyl (C=O) groups is 1. The first kappa shape index (κ1) is 9.74. The normalized spacial score (nSPS) is 9.69. The quantitative estimate of drug-likeness (QED) is 0.673. The van der Waals surface area contributed by atoms with E-state index in [9.17, 15) is 4.79 Å². The maximum absolute atomic E-state index is 10.9. The number of hydrogen-bond acceptors (Lipinski definition) is 2. The van der Waals surface area contributed by atoms with Gasteiger partial charge in [0.1, 0.15) is 0 Å². The zero-order chi connectivity index (χ0) is 9.68. The van der Waals surface area contributed by atoms with E-state index in [4.69, 9.17) is 0 Å². The predicted octanol–water partition coefficient (Wildman–Crippen LogP) is 0.144. The smallest absolute Gasteiger partial charge is 0.309 e. The van der Waals surface area contributed by atoms with Crippen LogP contribution in [0, 0.1) is 0 Å². The second-order valence-corrected chi connectivity index (χ2v) is 2.82. The largest absolute Gasteiger partial charge is 0.469 e. The fraction of sp³-hybridized carbons (Fsp3) is 0.300. The van der Waals surface area contributed by atoms with Crippen LogP contribution >= 0.6 is 0 Å². The van der Waals surface area contributed by atoms with E-state index in [2.05, 4.69) is 10.5 Å². The lowest BCUT2D eigenvalue weighted by Crippen LogP contribution is -2.47. The molecule has 0 bridgehead atoms. The molecule has 0 heterocycles. The van der Waals surface area contributed by atoms with Gasteiger partial charge in [0.2, 0.25) is 0 Å². The van der Waals surface area contributed by atoms with Gasteiger partial charge in [-0.25, -0.2) is 0 Å². The molecule has 0 amide bonds. The van der Waals surface area contributed by atoms with Crippen LogP contribution in [-0.2, 0) is 22.5 Å². The second kappa shape index (κ2) is 4.62. The summed E-state index contributed by atoms with van der Waals surface area (Å²) in [4.78, 5) is 10.9. The fourth-order valence-corrected chi connectivity index (χ4v) is 1.06. The number of esters is 1. The van der Waals surface area contributed by atoms with Crippen LogP contribution in [0.3, 0.4) is 0 Å². The third-order valence-corrected chi connectivity index (χ3v) is 1.89. The zero-order valence-corrected chi connectivity index (χ0v) is 7.75. The molecule has 0 aromatic heterocycles. The highest BCUT2D eigenvalue weighted by Gasteiger charge is 2.01. The number of rotatable bonds is 3. The fourth-order valence-electron chi connectivity index (χ4n) is 1.06. The van der Waals surface area contributed by atoms with Gasteiger partial charge in [-0.15, -0.1) is 0 Å². The molecule has 3 heteroatoms. The van der Waals surface area contributed by atoms with Crippen LogP contribution in [0.4, 0.5) is 0 Å². The lowest BCUT2D eigenvalue weighted by molar-refractivity contribution is -0.386. The van der Waals surface area contributed by atoms with Gasteiger partial charge in [0, 0.05) is 5.56 Å². The van der Waals surface area contributed by atoms with E-state index < -0.39 is 0 Å². The number of hydrogen-bond donors (Lipinski definition) is 1. The Labute approximate surface area is 77.5 Å². The van der Waals surface area contributed by atoms with Crippen molar-refractivity contribution in [3.05, 3.63) is 35.4 Å². The molecule has 0 saturated carbocycles. The number of benzene rings is 1. The first-order chi connectivity index (χ1) is 6.26. The van der Waals surface area contributed by atoms with Gasteiger partial charge in [-0.05, 0) is 5.56 Å². The Hall–Kier alpha value is -1.35. The lowest BCUT2D eigenvalue weighted by atomic mass is 10.1. The molecule has 1 aromatic carbocycles. The minimum Gasteiger partial charge on any atom is -0.469 e. The van der Waals surface area contributed by atoms with Gasteiger partial charge in [0.15, 0.2) is 0 Å². The van der Waals surface area contributed by atoms with Gasteiger partial charge in [-0.1, -0.05) is 24.3 Å². The minimum absolute atomic E-state index is 0.206. The SMILES string of the molecule is COC(=O)Cc1ccc(C[NH3+])cc1. The van der Waals surface area contributed by atoms with Crippen molar-refractivity contribution in [3.8, 4) is 0 Å². The van der Waals surface area contributed by atoms with Gasteiger partial charge in [-0.3, -0.25) is 4.79 Å². The van der Waals surface area contributed by atoms with E-state index in [1.807, 2.05) is 24.3 Å². The first-order valence-corrected chi connectivity index (χ1v) is 4.20. The average Bonchev–Trinajstić information content (AvgIpc) is 2.19. The molecule has 0 aliphatic carbocycles. The Kier molecular flexibility index (Phi) is 3.46. The highest BCUT2D eigenvalue weighted by atomic mass is 16.5. The summed E-state index contributed by atoms with van der Waals surface area (Å²) in [7, 11) is 1.40. The summed E-state index contributed by atoms with van der Waals surface area (Å²) in [5.74, 6) is -0.206. The van der Waals surface area contributed by atoms with Crippen LogP contribution in [0.15, 0.2) is 24.3 Å². The maximum atomic E-state index is 10.9. The molecule has 3 N–H and O–H groups in total. The molecule has 0 aliphatic rings. The lowest BCUT2D eigenvalue weighted by Gasteiger charge is -2.00. The van der Waals surface area contributed by atoms with E-state index in [-0.39, 0.29) is 5.97 Å². The van der Waals surface area contributed by atoms with E-state index in [0.29, 0.717) is 6.42 Å². The summed E-state index contributed by atoms with van der Waals surface area (Å²) < 4.78 is 4.56. The molecule has 0 atom stereocenters. The van der Waals surface area contributed by atoms with Gasteiger partial charge in [0.05, 0.1) is 20.1 Å². The molecule has 3 nitrogen and oxygen atoms in total. The Morgan fingerprint density at radius 2 is 1.85 bits per heavy atom. The first-order valence-electron chi connectivity index (χ1n) is 4.20. The molecule has 0 spiro atoms. The molecule has 70 valence electrons. The van der Waals surface area contributed by atoms with Crippen LogP contribution < -0.4 is 5.73 Å². The third-order valence-electron chi connectivity index (χ3n) is 1.89. The molecule has 0 unspecified atom stereocenters. The summed E-state index contributed by atoms with van der Waals surface area (Å²) in [5.41, 5.74) is 5.92. The number of methoxy groups -OCH3 is 1. The number of carbonyl (C=O) groups excluding carboxylic acids is 1. The van der Waals surface area contributed by atoms with Crippen LogP contribution in [0.2, 0.25) is 0 Å². The second-order valence-electron chi connectivity index (χ2n) is 2.82. The highest BCUT2D eigenvalue weighted by molar-refractivity contribution is 5.72. The van der Waals surface area contributed by atoms with Crippen molar-refractivity contribution in [1.82, 2.24) is 0 Å². The average molecular weight is 180 g/mol. The topological polar surface area (TPSA) is 53.9 Å². The monoisotopic (exact) mass is 180 g/mol. The summed E-state index contributed by atoms with van der Waals surface area (Å²) in [5, 5.41) is 0. The summed E-state index contributed by atoms with van der Waals surface area (Å²) in [6.07, 6.45) is 0.341. The third kappa shape index (κ3) is 2.87. The van der Waals surface area contributed by atoms with Crippen molar-refractivity contribution in [2.24, 2.45) is 0 Å². The molecule has 0 saturated heterocycles. The van der Waals surface area contributed by atoms with Crippen LogP contribution in [0.25, 0.3) is 0 Å². The van der Waals surface area contributed by atoms with Gasteiger partial charge in [0.25, 0.3) is 0 Å². The number of ether oxygens (including phenoxy) is 1. The van der Waals surface area contributed by atoms with Crippen molar-refractivity contribution in [1.29, 1.82) is 0 Å². The molecular weight excluding hydrogens is 166 g/mol. The van der Waals surface area contributed by atoms with E-state index in [0.717, 1.165) is 12.1 Å². The molecule has 1 rings (SSSR count). The standard InChI is InChI=1S/C10H13NO2/c1-13-10(12)6-8-2-4-9(7-11)5-3-8/h2-5H,6-7,11H2,1H3/p+1. The van der Waals surface area contributed by atoms with E-state index in [1.165, 1.54) is 12.7 Å². The van der Waals surface area contributed by atoms with Crippen LogP contribution in [0.1, 0.15) is 11.1 Å². The van der Waals surface area contributed by atoms with Crippen LogP contribution in [-0.4, -0.2) is 13.1 Å². The Morgan fingerprint density at radius 3 is 2.31 bits per heavy atom. The van der Waals surface area contributed by atoms with Gasteiger partial charge >= 0.3 is 5.97 Å². The van der Waals surface area contributed by atoms with Crippen molar-refractivity contribution in [2.75, 3.05) is 7.11 Å². The molecule has 13 heavy (non-hydrogen) atoms. The maximum Gasteiger partial charge on any atom is 0.309 e.